The minimum atomic E-state index is 0.136. The molecule has 1 aliphatic carbocycles. The molecule has 30 heavy (non-hydrogen) atoms. The molecule has 3 aromatic rings. The Morgan fingerprint density at radius 1 is 1.00 bits per heavy atom. The van der Waals surface area contributed by atoms with Gasteiger partial charge in [0, 0.05) is 43.8 Å². The number of H-pyrrole nitrogens is 1. The van der Waals surface area contributed by atoms with Crippen molar-refractivity contribution in [3.05, 3.63) is 70.4 Å². The zero-order valence-electron chi connectivity index (χ0n) is 17.2. The van der Waals surface area contributed by atoms with Crippen LogP contribution in [0, 0.1) is 11.3 Å². The lowest BCUT2D eigenvalue weighted by Crippen LogP contribution is -2.48. The fraction of sp³-hybridized carbons (Fsp3) is 0.360. The highest BCUT2D eigenvalue weighted by atomic mass is 16.2. The van der Waals surface area contributed by atoms with Gasteiger partial charge in [-0.15, -0.1) is 0 Å². The fourth-order valence-electron chi connectivity index (χ4n) is 4.83. The van der Waals surface area contributed by atoms with Crippen molar-refractivity contribution in [2.45, 2.75) is 32.2 Å². The molecule has 152 valence electrons. The second-order valence-corrected chi connectivity index (χ2v) is 8.39. The molecule has 5 rings (SSSR count). The molecule has 0 atom stereocenters. The number of aromatic nitrogens is 1. The number of carbonyl (C=O) groups is 1. The Labute approximate surface area is 176 Å². The number of hydrogen-bond acceptors (Lipinski definition) is 3. The fourth-order valence-corrected chi connectivity index (χ4v) is 4.83. The van der Waals surface area contributed by atoms with E-state index in [1.54, 1.807) is 0 Å². The second kappa shape index (κ2) is 7.97. The number of fused-ring (bicyclic) bond motifs is 3. The highest BCUT2D eigenvalue weighted by molar-refractivity contribution is 6.06. The SMILES string of the molecule is N#Cc1ccc(CN2CCN(C(=O)c3cccc4c5c([nH]c34)CCCC5)CC2)cc1. The summed E-state index contributed by atoms with van der Waals surface area (Å²) < 4.78 is 0. The third-order valence-electron chi connectivity index (χ3n) is 6.51. The van der Waals surface area contributed by atoms with Crippen LogP contribution in [0.3, 0.4) is 0 Å². The summed E-state index contributed by atoms with van der Waals surface area (Å²) >= 11 is 0. The first-order valence-electron chi connectivity index (χ1n) is 10.9. The first-order chi connectivity index (χ1) is 14.7. The maximum absolute atomic E-state index is 13.3. The molecule has 1 aromatic heterocycles. The summed E-state index contributed by atoms with van der Waals surface area (Å²) in [4.78, 5) is 21.3. The number of nitriles is 1. The molecule has 1 amide bonds. The molecule has 1 aliphatic heterocycles. The monoisotopic (exact) mass is 398 g/mol. The summed E-state index contributed by atoms with van der Waals surface area (Å²) in [6.45, 7) is 4.07. The van der Waals surface area contributed by atoms with Crippen LogP contribution in [0.5, 0.6) is 0 Å². The van der Waals surface area contributed by atoms with Gasteiger partial charge in [0.05, 0.1) is 22.7 Å². The predicted molar refractivity (Wildman–Crippen MR) is 117 cm³/mol. The molecule has 5 nitrogen and oxygen atoms in total. The minimum Gasteiger partial charge on any atom is -0.358 e. The lowest BCUT2D eigenvalue weighted by Gasteiger charge is -2.35. The van der Waals surface area contributed by atoms with Crippen LogP contribution >= 0.6 is 0 Å². The third kappa shape index (κ3) is 3.48. The summed E-state index contributed by atoms with van der Waals surface area (Å²) in [5.74, 6) is 0.136. The normalized spacial score (nSPS) is 17.0. The largest absolute Gasteiger partial charge is 0.358 e. The Bertz CT molecular complexity index is 1110. The average molecular weight is 399 g/mol. The van der Waals surface area contributed by atoms with Crippen LogP contribution in [0.25, 0.3) is 10.9 Å². The average Bonchev–Trinajstić information content (AvgIpc) is 3.18. The molecule has 5 heteroatoms. The van der Waals surface area contributed by atoms with Crippen LogP contribution in [0.15, 0.2) is 42.5 Å². The summed E-state index contributed by atoms with van der Waals surface area (Å²) in [7, 11) is 0. The summed E-state index contributed by atoms with van der Waals surface area (Å²) in [6, 6.07) is 16.1. The zero-order chi connectivity index (χ0) is 20.5. The number of hydrogen-bond donors (Lipinski definition) is 1. The van der Waals surface area contributed by atoms with Crippen LogP contribution in [0.1, 0.15) is 45.6 Å². The van der Waals surface area contributed by atoms with Crippen LogP contribution in [-0.2, 0) is 19.4 Å². The van der Waals surface area contributed by atoms with Gasteiger partial charge in [0.1, 0.15) is 0 Å². The Balaban J connectivity index is 1.28. The van der Waals surface area contributed by atoms with Crippen molar-refractivity contribution >= 4 is 16.8 Å². The molecule has 0 bridgehead atoms. The number of piperazine rings is 1. The Kier molecular flexibility index (Phi) is 5.02. The van der Waals surface area contributed by atoms with Crippen LogP contribution in [0.4, 0.5) is 0 Å². The maximum Gasteiger partial charge on any atom is 0.256 e. The second-order valence-electron chi connectivity index (χ2n) is 8.39. The van der Waals surface area contributed by atoms with E-state index < -0.39 is 0 Å². The Morgan fingerprint density at radius 2 is 1.77 bits per heavy atom. The lowest BCUT2D eigenvalue weighted by atomic mass is 9.95. The molecule has 0 radical (unpaired) electrons. The van der Waals surface area contributed by atoms with Crippen molar-refractivity contribution in [2.24, 2.45) is 0 Å². The van der Waals surface area contributed by atoms with E-state index in [4.69, 9.17) is 5.26 Å². The highest BCUT2D eigenvalue weighted by Crippen LogP contribution is 2.31. The Hall–Kier alpha value is -3.10. The van der Waals surface area contributed by atoms with Crippen molar-refractivity contribution < 1.29 is 4.79 Å². The zero-order valence-corrected chi connectivity index (χ0v) is 17.2. The van der Waals surface area contributed by atoms with E-state index in [2.05, 4.69) is 22.0 Å². The smallest absolute Gasteiger partial charge is 0.256 e. The number of aryl methyl sites for hydroxylation is 2. The molecule has 2 aliphatic rings. The van der Waals surface area contributed by atoms with Gasteiger partial charge in [-0.2, -0.15) is 5.26 Å². The highest BCUT2D eigenvalue weighted by Gasteiger charge is 2.25. The first-order valence-corrected chi connectivity index (χ1v) is 10.9. The predicted octanol–water partition coefficient (Wildman–Crippen LogP) is 3.88. The van der Waals surface area contributed by atoms with Gasteiger partial charge in [-0.05, 0) is 55.0 Å². The molecule has 2 heterocycles. The first kappa shape index (κ1) is 18.9. The van der Waals surface area contributed by atoms with Crippen molar-refractivity contribution in [3.63, 3.8) is 0 Å². The number of rotatable bonds is 3. The molecular formula is C25H26N4O. The minimum absolute atomic E-state index is 0.136. The van der Waals surface area contributed by atoms with Crippen molar-refractivity contribution in [1.29, 1.82) is 5.26 Å². The molecule has 1 fully saturated rings. The summed E-state index contributed by atoms with van der Waals surface area (Å²) in [6.07, 6.45) is 4.66. The van der Waals surface area contributed by atoms with Gasteiger partial charge < -0.3 is 9.88 Å². The van der Waals surface area contributed by atoms with Gasteiger partial charge in [0.2, 0.25) is 0 Å². The van der Waals surface area contributed by atoms with Crippen LogP contribution in [-0.4, -0.2) is 46.9 Å². The molecule has 1 saturated heterocycles. The van der Waals surface area contributed by atoms with Gasteiger partial charge >= 0.3 is 0 Å². The van der Waals surface area contributed by atoms with Gasteiger partial charge in [-0.1, -0.05) is 24.3 Å². The summed E-state index contributed by atoms with van der Waals surface area (Å²) in [5, 5.41) is 10.2. The van der Waals surface area contributed by atoms with Gasteiger partial charge in [0.15, 0.2) is 0 Å². The number of benzene rings is 2. The molecule has 1 N–H and O–H groups in total. The quantitative estimate of drug-likeness (QED) is 0.728. The van der Waals surface area contributed by atoms with Gasteiger partial charge in [-0.3, -0.25) is 9.69 Å². The number of amides is 1. The molecule has 0 saturated carbocycles. The van der Waals surface area contributed by atoms with E-state index in [9.17, 15) is 4.79 Å². The third-order valence-corrected chi connectivity index (χ3v) is 6.51. The number of para-hydroxylation sites is 1. The maximum atomic E-state index is 13.3. The van der Waals surface area contributed by atoms with E-state index in [-0.39, 0.29) is 5.91 Å². The standard InChI is InChI=1S/C25H26N4O/c26-16-18-8-10-19(11-9-18)17-28-12-14-29(15-13-28)25(30)22-6-3-5-21-20-4-1-2-7-23(20)27-24(21)22/h3,5-6,8-11,27H,1-2,4,7,12-15,17H2. The van der Waals surface area contributed by atoms with Gasteiger partial charge in [0.25, 0.3) is 5.91 Å². The van der Waals surface area contributed by atoms with Crippen LogP contribution in [0.2, 0.25) is 0 Å². The van der Waals surface area contributed by atoms with E-state index in [1.165, 1.54) is 35.0 Å². The van der Waals surface area contributed by atoms with E-state index in [0.717, 1.165) is 56.6 Å². The molecular weight excluding hydrogens is 372 g/mol. The molecule has 0 unspecified atom stereocenters. The molecule has 2 aromatic carbocycles. The number of nitrogens with zero attached hydrogens (tertiary/aromatic N) is 3. The number of nitrogens with one attached hydrogen (secondary N) is 1. The van der Waals surface area contributed by atoms with E-state index in [1.807, 2.05) is 41.3 Å². The topological polar surface area (TPSA) is 63.1 Å². The lowest BCUT2D eigenvalue weighted by molar-refractivity contribution is 0.0630. The van der Waals surface area contributed by atoms with Gasteiger partial charge in [-0.25, -0.2) is 0 Å². The summed E-state index contributed by atoms with van der Waals surface area (Å²) in [5.41, 5.74) is 6.46. The van der Waals surface area contributed by atoms with Crippen molar-refractivity contribution in [2.75, 3.05) is 26.2 Å². The number of carbonyl (C=O) groups excluding carboxylic acids is 1. The molecule has 0 spiro atoms. The van der Waals surface area contributed by atoms with Crippen molar-refractivity contribution in [3.8, 4) is 6.07 Å². The number of aromatic amines is 1. The van der Waals surface area contributed by atoms with E-state index in [0.29, 0.717) is 5.56 Å². The van der Waals surface area contributed by atoms with Crippen molar-refractivity contribution in [1.82, 2.24) is 14.8 Å². The van der Waals surface area contributed by atoms with E-state index >= 15 is 0 Å². The Morgan fingerprint density at radius 3 is 2.53 bits per heavy atom. The van der Waals surface area contributed by atoms with Crippen LogP contribution < -0.4 is 0 Å².